The van der Waals surface area contributed by atoms with E-state index in [0.29, 0.717) is 6.42 Å². The molecule has 1 fully saturated rings. The molecule has 0 saturated heterocycles. The van der Waals surface area contributed by atoms with E-state index in [2.05, 4.69) is 9.82 Å². The Morgan fingerprint density at radius 1 is 1.22 bits per heavy atom. The van der Waals surface area contributed by atoms with Gasteiger partial charge in [-0.2, -0.15) is 5.10 Å². The molecule has 2 aromatic rings. The summed E-state index contributed by atoms with van der Waals surface area (Å²) in [6.45, 7) is 0. The van der Waals surface area contributed by atoms with Gasteiger partial charge in [-0.25, -0.2) is 17.8 Å². The molecule has 0 bridgehead atoms. The number of fused-ring (bicyclic) bond motifs is 1. The molecule has 7 heteroatoms. The third-order valence-corrected chi connectivity index (χ3v) is 6.41. The molecule has 2 atom stereocenters. The van der Waals surface area contributed by atoms with Crippen LogP contribution in [-0.2, 0) is 16.4 Å². The van der Waals surface area contributed by atoms with Gasteiger partial charge in [0.1, 0.15) is 0 Å². The third-order valence-electron chi connectivity index (χ3n) is 4.92. The molecule has 0 amide bonds. The lowest BCUT2D eigenvalue weighted by Crippen LogP contribution is -2.41. The zero-order valence-electron chi connectivity index (χ0n) is 12.7. The maximum absolute atomic E-state index is 12.8. The van der Waals surface area contributed by atoms with Crippen LogP contribution in [0, 0.1) is 0 Å². The molecule has 122 valence electrons. The summed E-state index contributed by atoms with van der Waals surface area (Å²) in [6, 6.07) is 8.98. The lowest BCUT2D eigenvalue weighted by atomic mass is 9.93. The topological polar surface area (TPSA) is 90.0 Å². The molecule has 1 heterocycles. The largest absolute Gasteiger partial charge is 0.323 e. The van der Waals surface area contributed by atoms with E-state index < -0.39 is 10.0 Å². The van der Waals surface area contributed by atoms with Gasteiger partial charge in [0.25, 0.3) is 10.0 Å². The summed E-state index contributed by atoms with van der Waals surface area (Å²) in [5.74, 6) is 0. The van der Waals surface area contributed by atoms with Gasteiger partial charge >= 0.3 is 0 Å². The Hall–Kier alpha value is -1.70. The predicted octanol–water partition coefficient (Wildman–Crippen LogP) is 1.51. The minimum absolute atomic E-state index is 0.200. The second-order valence-corrected chi connectivity index (χ2v) is 8.02. The molecular formula is C16H20N4O2S. The standard InChI is InChI=1S/C16H20N4O2S/c17-16-13-7-2-1-4-11(13)10-14(16)19-23(21,22)15-8-9-18-20(15)12-5-3-6-12/h1-2,4,7-9,12,14,16,19H,3,5-6,10,17H2/t14-,16-/m1/s1. The highest BCUT2D eigenvalue weighted by molar-refractivity contribution is 7.89. The van der Waals surface area contributed by atoms with Crippen LogP contribution in [0.2, 0.25) is 0 Å². The minimum atomic E-state index is -3.63. The van der Waals surface area contributed by atoms with Gasteiger partial charge in [0.15, 0.2) is 5.03 Å². The van der Waals surface area contributed by atoms with Crippen molar-refractivity contribution in [3.8, 4) is 0 Å². The summed E-state index contributed by atoms with van der Waals surface area (Å²) in [6.07, 6.45) is 5.27. The first kappa shape index (κ1) is 14.9. The van der Waals surface area contributed by atoms with Gasteiger partial charge in [0.2, 0.25) is 0 Å². The number of nitrogens with two attached hydrogens (primary N) is 1. The summed E-state index contributed by atoms with van der Waals surface area (Å²) in [5.41, 5.74) is 8.37. The summed E-state index contributed by atoms with van der Waals surface area (Å²) in [7, 11) is -3.63. The molecule has 0 spiro atoms. The van der Waals surface area contributed by atoms with Crippen LogP contribution >= 0.6 is 0 Å². The second-order valence-electron chi connectivity index (χ2n) is 6.36. The first-order valence-electron chi connectivity index (χ1n) is 7.95. The van der Waals surface area contributed by atoms with E-state index in [9.17, 15) is 8.42 Å². The highest BCUT2D eigenvalue weighted by atomic mass is 32.2. The highest BCUT2D eigenvalue weighted by Crippen LogP contribution is 2.34. The predicted molar refractivity (Wildman–Crippen MR) is 86.3 cm³/mol. The molecule has 6 nitrogen and oxygen atoms in total. The van der Waals surface area contributed by atoms with Crippen molar-refractivity contribution in [3.05, 3.63) is 47.7 Å². The number of benzene rings is 1. The number of rotatable bonds is 4. The van der Waals surface area contributed by atoms with Gasteiger partial charge in [-0.1, -0.05) is 24.3 Å². The zero-order chi connectivity index (χ0) is 16.0. The number of nitrogens with zero attached hydrogens (tertiary/aromatic N) is 2. The van der Waals surface area contributed by atoms with Gasteiger partial charge < -0.3 is 5.73 Å². The van der Waals surface area contributed by atoms with Crippen molar-refractivity contribution in [2.75, 3.05) is 0 Å². The molecule has 0 aliphatic heterocycles. The highest BCUT2D eigenvalue weighted by Gasteiger charge is 2.35. The average Bonchev–Trinajstić information content (AvgIpc) is 3.04. The van der Waals surface area contributed by atoms with Crippen molar-refractivity contribution in [1.82, 2.24) is 14.5 Å². The molecule has 23 heavy (non-hydrogen) atoms. The van der Waals surface area contributed by atoms with E-state index >= 15 is 0 Å². The molecule has 1 saturated carbocycles. The molecule has 0 radical (unpaired) electrons. The SMILES string of the molecule is N[C@@H]1c2ccccc2C[C@H]1NS(=O)(=O)c1ccnn1C1CCC1. The molecule has 1 aromatic heterocycles. The number of aromatic nitrogens is 2. The monoisotopic (exact) mass is 332 g/mol. The summed E-state index contributed by atoms with van der Waals surface area (Å²) < 4.78 is 30.0. The smallest absolute Gasteiger partial charge is 0.258 e. The van der Waals surface area contributed by atoms with Crippen LogP contribution in [0.3, 0.4) is 0 Å². The van der Waals surface area contributed by atoms with Crippen LogP contribution in [-0.4, -0.2) is 24.2 Å². The van der Waals surface area contributed by atoms with Crippen LogP contribution in [0.4, 0.5) is 0 Å². The van der Waals surface area contributed by atoms with Crippen LogP contribution in [0.15, 0.2) is 41.6 Å². The van der Waals surface area contributed by atoms with Crippen molar-refractivity contribution in [3.63, 3.8) is 0 Å². The number of hydrogen-bond acceptors (Lipinski definition) is 4. The maximum atomic E-state index is 12.8. The molecule has 4 rings (SSSR count). The van der Waals surface area contributed by atoms with Gasteiger partial charge in [-0.15, -0.1) is 0 Å². The van der Waals surface area contributed by atoms with E-state index in [1.165, 1.54) is 0 Å². The van der Waals surface area contributed by atoms with Gasteiger partial charge in [0, 0.05) is 12.1 Å². The van der Waals surface area contributed by atoms with Crippen molar-refractivity contribution in [1.29, 1.82) is 0 Å². The lowest BCUT2D eigenvalue weighted by molar-refractivity contribution is 0.270. The Morgan fingerprint density at radius 2 is 2.00 bits per heavy atom. The van der Waals surface area contributed by atoms with E-state index in [4.69, 9.17) is 5.73 Å². The second kappa shape index (κ2) is 5.43. The fourth-order valence-electron chi connectivity index (χ4n) is 3.42. The van der Waals surface area contributed by atoms with E-state index in [1.807, 2.05) is 24.3 Å². The van der Waals surface area contributed by atoms with Crippen molar-refractivity contribution < 1.29 is 8.42 Å². The van der Waals surface area contributed by atoms with E-state index in [-0.39, 0.29) is 23.2 Å². The van der Waals surface area contributed by atoms with Crippen molar-refractivity contribution >= 4 is 10.0 Å². The molecule has 2 aliphatic rings. The summed E-state index contributed by atoms with van der Waals surface area (Å²) in [5, 5.41) is 4.44. The van der Waals surface area contributed by atoms with E-state index in [1.54, 1.807) is 16.9 Å². The molecular weight excluding hydrogens is 312 g/mol. The summed E-state index contributed by atoms with van der Waals surface area (Å²) in [4.78, 5) is 0. The van der Waals surface area contributed by atoms with E-state index in [0.717, 1.165) is 30.4 Å². The van der Waals surface area contributed by atoms with Crippen LogP contribution in [0.25, 0.3) is 0 Å². The number of hydrogen-bond donors (Lipinski definition) is 2. The lowest BCUT2D eigenvalue weighted by Gasteiger charge is -2.27. The third kappa shape index (κ3) is 2.49. The maximum Gasteiger partial charge on any atom is 0.258 e. The summed E-state index contributed by atoms with van der Waals surface area (Å²) >= 11 is 0. The number of sulfonamides is 1. The first-order valence-corrected chi connectivity index (χ1v) is 9.44. The quantitative estimate of drug-likeness (QED) is 0.888. The molecule has 3 N–H and O–H groups in total. The Kier molecular flexibility index (Phi) is 3.51. The normalized spacial score (nSPS) is 24.4. The van der Waals surface area contributed by atoms with Crippen molar-refractivity contribution in [2.45, 2.75) is 48.8 Å². The van der Waals surface area contributed by atoms with Crippen LogP contribution < -0.4 is 10.5 Å². The van der Waals surface area contributed by atoms with Gasteiger partial charge in [-0.05, 0) is 42.9 Å². The van der Waals surface area contributed by atoms with Gasteiger partial charge in [0.05, 0.1) is 12.2 Å². The Balaban J connectivity index is 1.58. The average molecular weight is 332 g/mol. The molecule has 0 unspecified atom stereocenters. The fraction of sp³-hybridized carbons (Fsp3) is 0.438. The molecule has 2 aliphatic carbocycles. The Morgan fingerprint density at radius 3 is 2.70 bits per heavy atom. The molecule has 1 aromatic carbocycles. The Labute approximate surface area is 135 Å². The first-order chi connectivity index (χ1) is 11.1. The van der Waals surface area contributed by atoms with Gasteiger partial charge in [-0.3, -0.25) is 0 Å². The number of nitrogens with one attached hydrogen (secondary N) is 1. The Bertz CT molecular complexity index is 826. The fourth-order valence-corrected chi connectivity index (χ4v) is 4.85. The van der Waals surface area contributed by atoms with Crippen LogP contribution in [0.1, 0.15) is 42.5 Å². The van der Waals surface area contributed by atoms with Crippen molar-refractivity contribution in [2.24, 2.45) is 5.73 Å². The van der Waals surface area contributed by atoms with Crippen LogP contribution in [0.5, 0.6) is 0 Å². The minimum Gasteiger partial charge on any atom is -0.323 e. The zero-order valence-corrected chi connectivity index (χ0v) is 13.5.